The Morgan fingerprint density at radius 2 is 2.22 bits per heavy atom. The molecule has 0 amide bonds. The summed E-state index contributed by atoms with van der Waals surface area (Å²) in [6.45, 7) is 5.61. The van der Waals surface area contributed by atoms with E-state index in [0.717, 1.165) is 0 Å². The highest BCUT2D eigenvalue weighted by molar-refractivity contribution is 5.94. The average molecular weight is 253 g/mol. The van der Waals surface area contributed by atoms with Crippen LogP contribution < -0.4 is 4.90 Å². The number of anilines is 1. The Kier molecular flexibility index (Phi) is 5.51. The summed E-state index contributed by atoms with van der Waals surface area (Å²) in [5.74, 6) is 0.739. The summed E-state index contributed by atoms with van der Waals surface area (Å²) in [4.78, 5) is 21.8. The van der Waals surface area contributed by atoms with E-state index in [4.69, 9.17) is 9.47 Å². The van der Waals surface area contributed by atoms with Crippen LogP contribution in [0.25, 0.3) is 0 Å². The molecule has 1 heterocycles. The first kappa shape index (κ1) is 14.4. The van der Waals surface area contributed by atoms with Crippen molar-refractivity contribution in [2.75, 3.05) is 38.8 Å². The molecule has 100 valence electrons. The normalized spacial score (nSPS) is 10.2. The van der Waals surface area contributed by atoms with Crippen LogP contribution >= 0.6 is 0 Å². The first-order chi connectivity index (χ1) is 8.60. The van der Waals surface area contributed by atoms with Crippen LogP contribution in [0.4, 0.5) is 5.82 Å². The van der Waals surface area contributed by atoms with E-state index < -0.39 is 5.97 Å². The van der Waals surface area contributed by atoms with Gasteiger partial charge in [0, 0.05) is 26.4 Å². The SMILES string of the molecule is CCOCCN(C)c1nc(C)ncc1C(=O)OC. The van der Waals surface area contributed by atoms with Crippen molar-refractivity contribution in [1.29, 1.82) is 0 Å². The van der Waals surface area contributed by atoms with Crippen LogP contribution in [0.2, 0.25) is 0 Å². The zero-order chi connectivity index (χ0) is 13.5. The van der Waals surface area contributed by atoms with E-state index in [-0.39, 0.29) is 0 Å². The third kappa shape index (κ3) is 3.66. The first-order valence-electron chi connectivity index (χ1n) is 5.81. The fourth-order valence-electron chi connectivity index (χ4n) is 1.45. The molecule has 6 heteroatoms. The molecule has 18 heavy (non-hydrogen) atoms. The zero-order valence-electron chi connectivity index (χ0n) is 11.3. The van der Waals surface area contributed by atoms with Crippen molar-refractivity contribution < 1.29 is 14.3 Å². The van der Waals surface area contributed by atoms with Crippen molar-refractivity contribution in [1.82, 2.24) is 9.97 Å². The van der Waals surface area contributed by atoms with Crippen molar-refractivity contribution >= 4 is 11.8 Å². The van der Waals surface area contributed by atoms with E-state index in [0.29, 0.717) is 37.0 Å². The molecular weight excluding hydrogens is 234 g/mol. The number of carbonyl (C=O) groups excluding carboxylic acids is 1. The molecule has 1 rings (SSSR count). The molecule has 1 aromatic heterocycles. The highest BCUT2D eigenvalue weighted by Crippen LogP contribution is 2.16. The second-order valence-corrected chi connectivity index (χ2v) is 3.76. The molecule has 0 N–H and O–H groups in total. The summed E-state index contributed by atoms with van der Waals surface area (Å²) in [5, 5.41) is 0. The molecule has 0 saturated heterocycles. The van der Waals surface area contributed by atoms with Crippen LogP contribution in [0, 0.1) is 6.92 Å². The van der Waals surface area contributed by atoms with E-state index in [1.165, 1.54) is 13.3 Å². The summed E-state index contributed by atoms with van der Waals surface area (Å²) >= 11 is 0. The Labute approximate surface area is 107 Å². The number of hydrogen-bond acceptors (Lipinski definition) is 6. The molecule has 0 aliphatic carbocycles. The fourth-order valence-corrected chi connectivity index (χ4v) is 1.45. The predicted molar refractivity (Wildman–Crippen MR) is 67.9 cm³/mol. The minimum Gasteiger partial charge on any atom is -0.465 e. The number of carbonyl (C=O) groups is 1. The van der Waals surface area contributed by atoms with Gasteiger partial charge >= 0.3 is 5.97 Å². The molecule has 6 nitrogen and oxygen atoms in total. The van der Waals surface area contributed by atoms with Gasteiger partial charge < -0.3 is 14.4 Å². The number of methoxy groups -OCH3 is 1. The van der Waals surface area contributed by atoms with Gasteiger partial charge in [-0.3, -0.25) is 0 Å². The summed E-state index contributed by atoms with van der Waals surface area (Å²) in [5.41, 5.74) is 0.363. The maximum Gasteiger partial charge on any atom is 0.343 e. The fraction of sp³-hybridized carbons (Fsp3) is 0.583. The van der Waals surface area contributed by atoms with Gasteiger partial charge in [-0.2, -0.15) is 0 Å². The van der Waals surface area contributed by atoms with Crippen molar-refractivity contribution in [3.8, 4) is 0 Å². The Morgan fingerprint density at radius 1 is 1.50 bits per heavy atom. The number of likely N-dealkylation sites (N-methyl/N-ethyl adjacent to an activating group) is 1. The largest absolute Gasteiger partial charge is 0.465 e. The quantitative estimate of drug-likeness (QED) is 0.557. The van der Waals surface area contributed by atoms with Crippen molar-refractivity contribution in [2.45, 2.75) is 13.8 Å². The molecule has 0 atom stereocenters. The Hall–Kier alpha value is -1.69. The Balaban J connectivity index is 2.90. The number of hydrogen-bond donors (Lipinski definition) is 0. The summed E-state index contributed by atoms with van der Waals surface area (Å²) < 4.78 is 10.00. The van der Waals surface area contributed by atoms with Gasteiger partial charge in [0.05, 0.1) is 13.7 Å². The van der Waals surface area contributed by atoms with Crippen LogP contribution in [0.15, 0.2) is 6.20 Å². The highest BCUT2D eigenvalue weighted by atomic mass is 16.5. The molecule has 0 bridgehead atoms. The number of rotatable bonds is 6. The van der Waals surface area contributed by atoms with Gasteiger partial charge in [0.1, 0.15) is 17.2 Å². The lowest BCUT2D eigenvalue weighted by molar-refractivity contribution is 0.0600. The molecule has 0 saturated carbocycles. The third-order valence-corrected chi connectivity index (χ3v) is 2.43. The third-order valence-electron chi connectivity index (χ3n) is 2.43. The number of aromatic nitrogens is 2. The van der Waals surface area contributed by atoms with Crippen molar-refractivity contribution in [3.63, 3.8) is 0 Å². The maximum absolute atomic E-state index is 11.6. The van der Waals surface area contributed by atoms with Gasteiger partial charge in [0.15, 0.2) is 0 Å². The molecule has 0 unspecified atom stereocenters. The smallest absolute Gasteiger partial charge is 0.343 e. The van der Waals surface area contributed by atoms with Crippen LogP contribution in [-0.2, 0) is 9.47 Å². The number of nitrogens with zero attached hydrogens (tertiary/aromatic N) is 3. The average Bonchev–Trinajstić information content (AvgIpc) is 2.38. The molecule has 1 aromatic rings. The molecular formula is C12H19N3O3. The second-order valence-electron chi connectivity index (χ2n) is 3.76. The second kappa shape index (κ2) is 6.90. The number of esters is 1. The Bertz CT molecular complexity index is 410. The summed E-state index contributed by atoms with van der Waals surface area (Å²) in [6, 6.07) is 0. The lowest BCUT2D eigenvalue weighted by atomic mass is 10.3. The monoisotopic (exact) mass is 253 g/mol. The van der Waals surface area contributed by atoms with Crippen LogP contribution in [0.5, 0.6) is 0 Å². The van der Waals surface area contributed by atoms with Gasteiger partial charge in [-0.05, 0) is 13.8 Å². The zero-order valence-corrected chi connectivity index (χ0v) is 11.3. The van der Waals surface area contributed by atoms with Gasteiger partial charge in [0.2, 0.25) is 0 Å². The van der Waals surface area contributed by atoms with E-state index in [1.54, 1.807) is 6.92 Å². The van der Waals surface area contributed by atoms with Crippen molar-refractivity contribution in [3.05, 3.63) is 17.6 Å². The van der Waals surface area contributed by atoms with E-state index in [9.17, 15) is 4.79 Å². The molecule has 0 aliphatic heterocycles. The van der Waals surface area contributed by atoms with E-state index in [2.05, 4.69) is 9.97 Å². The lowest BCUT2D eigenvalue weighted by Crippen LogP contribution is -2.26. The van der Waals surface area contributed by atoms with Gasteiger partial charge in [-0.25, -0.2) is 14.8 Å². The molecule has 0 aromatic carbocycles. The number of aryl methyl sites for hydroxylation is 1. The van der Waals surface area contributed by atoms with E-state index in [1.807, 2.05) is 18.9 Å². The minimum atomic E-state index is -0.437. The van der Waals surface area contributed by atoms with Crippen LogP contribution in [0.3, 0.4) is 0 Å². The topological polar surface area (TPSA) is 64.5 Å². The van der Waals surface area contributed by atoms with Crippen LogP contribution in [-0.4, -0.2) is 49.9 Å². The standard InChI is InChI=1S/C12H19N3O3/c1-5-18-7-6-15(3)11-10(12(16)17-4)8-13-9(2)14-11/h8H,5-7H2,1-4H3. The molecule has 0 spiro atoms. The van der Waals surface area contributed by atoms with Gasteiger partial charge in [-0.1, -0.05) is 0 Å². The maximum atomic E-state index is 11.6. The molecule has 0 radical (unpaired) electrons. The first-order valence-corrected chi connectivity index (χ1v) is 5.81. The van der Waals surface area contributed by atoms with Crippen LogP contribution in [0.1, 0.15) is 23.1 Å². The minimum absolute atomic E-state index is 0.363. The van der Waals surface area contributed by atoms with Gasteiger partial charge in [-0.15, -0.1) is 0 Å². The molecule has 0 aliphatic rings. The lowest BCUT2D eigenvalue weighted by Gasteiger charge is -2.20. The predicted octanol–water partition coefficient (Wildman–Crippen LogP) is 1.04. The highest BCUT2D eigenvalue weighted by Gasteiger charge is 2.17. The van der Waals surface area contributed by atoms with Gasteiger partial charge in [0.25, 0.3) is 0 Å². The molecule has 0 fully saturated rings. The van der Waals surface area contributed by atoms with Crippen molar-refractivity contribution in [2.24, 2.45) is 0 Å². The summed E-state index contributed by atoms with van der Waals surface area (Å²) in [6.07, 6.45) is 1.49. The Morgan fingerprint density at radius 3 is 2.83 bits per heavy atom. The van der Waals surface area contributed by atoms with E-state index >= 15 is 0 Å². The number of ether oxygens (including phenoxy) is 2. The summed E-state index contributed by atoms with van der Waals surface area (Å²) in [7, 11) is 3.19.